The number of unbranched alkanes of at least 4 members (excludes halogenated alkanes) is 24. The molecule has 17 rings (SSSR count). The summed E-state index contributed by atoms with van der Waals surface area (Å²) < 4.78 is 58.4. The Morgan fingerprint density at radius 3 is 0.561 bits per heavy atom. The van der Waals surface area contributed by atoms with Crippen molar-refractivity contribution in [2.45, 2.75) is 636 Å². The monoisotopic (exact) mass is 2500 g/mol. The smallest absolute Gasteiger partial charge is 0.680 e. The van der Waals surface area contributed by atoms with Crippen molar-refractivity contribution in [3.63, 3.8) is 0 Å². The molecule has 13 aliphatic carbocycles. The van der Waals surface area contributed by atoms with E-state index in [1.54, 1.807) is 301 Å². The van der Waals surface area contributed by atoms with Crippen molar-refractivity contribution >= 4 is 31.7 Å². The Balaban J connectivity index is 0.000000258. The number of hydrogen-bond donors (Lipinski definition) is 1. The third-order valence-electron chi connectivity index (χ3n) is 43.8. The maximum Gasteiger partial charge on any atom is 2.00 e. The van der Waals surface area contributed by atoms with Crippen LogP contribution in [0.2, 0.25) is 0 Å². The first-order chi connectivity index (χ1) is 72.2. The van der Waals surface area contributed by atoms with Gasteiger partial charge in [0.15, 0.2) is 0 Å². The molecule has 4 aliphatic heterocycles. The molecule has 0 aromatic heterocycles. The molecule has 0 radical (unpaired) electrons. The molecule has 0 spiro atoms. The minimum atomic E-state index is -0.116. The Bertz CT molecular complexity index is 3000. The van der Waals surface area contributed by atoms with E-state index in [0.29, 0.717) is 84.1 Å². The molecule has 17 aliphatic rings. The van der Waals surface area contributed by atoms with Gasteiger partial charge in [0.1, 0.15) is 27.2 Å². The van der Waals surface area contributed by atoms with Gasteiger partial charge in [0, 0.05) is 62.9 Å². The van der Waals surface area contributed by atoms with Crippen LogP contribution in [-0.4, -0.2) is 179 Å². The van der Waals surface area contributed by atoms with Gasteiger partial charge in [-0.2, -0.15) is 13.6 Å². The second-order valence-electron chi connectivity index (χ2n) is 52.6. The van der Waals surface area contributed by atoms with Crippen LogP contribution in [0.4, 0.5) is 0 Å². The summed E-state index contributed by atoms with van der Waals surface area (Å²) in [4.78, 5) is 0. The van der Waals surface area contributed by atoms with Gasteiger partial charge in [0.2, 0.25) is 0 Å². The van der Waals surface area contributed by atoms with E-state index >= 15 is 0 Å². The normalized spacial score (nSPS) is 33.9. The molecule has 4 heterocycles. The Morgan fingerprint density at radius 2 is 0.378 bits per heavy atom. The molecule has 0 aromatic carbocycles. The topological polar surface area (TPSA) is 195 Å². The zero-order chi connectivity index (χ0) is 102. The van der Waals surface area contributed by atoms with Crippen LogP contribution in [0.25, 0.3) is 22.9 Å². The van der Waals surface area contributed by atoms with Gasteiger partial charge in [-0.1, -0.05) is 273 Å². The molecule has 13 saturated carbocycles. The van der Waals surface area contributed by atoms with E-state index in [1.165, 1.54) is 251 Å². The van der Waals surface area contributed by atoms with Gasteiger partial charge in [-0.15, -0.1) is 13.1 Å². The molecule has 0 amide bonds. The molecule has 4 saturated heterocycles. The summed E-state index contributed by atoms with van der Waals surface area (Å²) >= 11 is 0. The number of nitrogens with one attached hydrogen (secondary N) is 4. The summed E-state index contributed by atoms with van der Waals surface area (Å²) in [6.07, 6.45) is 119. The SMILES string of the molecule is C1CCC([PH+](CCC[PH+](C2CCCCC2)C2CCCCC2)C2CCCCC2)CC1.C1CCC([PH+](CCC[PH+](C2CCCCC2)C2CCCCC2)C2CCCCC2)CC1.CCCCCCCCCCCC1C2CC3C(CCCCCCCCC)C4CC5C(CCCCCCCCCC)C6CC7C(CCCCCC)C8CC1C1OCOC2C(CN)C3OCOC4C(C)C5OCOC6C(C[NH-])C7OCOC8C1C[NH-].CC[NH-].C[NH-].[Pt+2].[Pt+2]. The van der Waals surface area contributed by atoms with Crippen molar-refractivity contribution in [3.8, 4) is 0 Å². The molecule has 868 valence electrons. The molecule has 8 bridgehead atoms. The Kier molecular flexibility index (Phi) is 67.0. The molecule has 13 nitrogen and oxygen atoms in total. The molecule has 24 atom stereocenters. The summed E-state index contributed by atoms with van der Waals surface area (Å²) in [5.41, 5.74) is 48.3. The fourth-order valence-corrected chi connectivity index (χ4v) is 54.9. The molecule has 17 fully saturated rings. The van der Waals surface area contributed by atoms with Gasteiger partial charge < -0.3 is 66.6 Å². The number of nitrogens with two attached hydrogens (primary N) is 1. The largest absolute Gasteiger partial charge is 2.00 e. The number of ether oxygens (including phenoxy) is 8. The quantitative estimate of drug-likeness (QED) is 0.0455. The first kappa shape index (κ1) is 131. The molecule has 6 N–H and O–H groups in total. The summed E-state index contributed by atoms with van der Waals surface area (Å²) in [6.45, 7) is 16.2. The summed E-state index contributed by atoms with van der Waals surface area (Å²) in [6, 6.07) is 0. The molecule has 24 unspecified atom stereocenters. The van der Waals surface area contributed by atoms with Crippen LogP contribution in [-0.2, 0) is 80.0 Å². The molecule has 19 heteroatoms. The minimum Gasteiger partial charge on any atom is -0.680 e. The van der Waals surface area contributed by atoms with Crippen molar-refractivity contribution in [1.29, 1.82) is 0 Å². The maximum atomic E-state index is 9.66. The summed E-state index contributed by atoms with van der Waals surface area (Å²) in [5.74, 6) is 4.38. The van der Waals surface area contributed by atoms with Crippen LogP contribution in [0.1, 0.15) is 542 Å². The van der Waals surface area contributed by atoms with Crippen LogP contribution < -0.4 is 5.73 Å². The van der Waals surface area contributed by atoms with Gasteiger partial charge in [-0.3, -0.25) is 0 Å². The van der Waals surface area contributed by atoms with E-state index in [1.807, 2.05) is 0 Å². The summed E-state index contributed by atoms with van der Waals surface area (Å²) in [5, 5.41) is 0. The van der Waals surface area contributed by atoms with Crippen molar-refractivity contribution in [1.82, 2.24) is 0 Å². The Morgan fingerprint density at radius 1 is 0.216 bits per heavy atom. The predicted octanol–water partition coefficient (Wildman–Crippen LogP) is 38.1. The van der Waals surface area contributed by atoms with E-state index in [-0.39, 0.29) is 187 Å². The average molecular weight is 2510 g/mol. The molecular weight excluding hydrogens is 2260 g/mol. The summed E-state index contributed by atoms with van der Waals surface area (Å²) in [7, 11) is 0.910. The third-order valence-corrected chi connectivity index (χ3v) is 60.5. The van der Waals surface area contributed by atoms with Crippen LogP contribution in [0.15, 0.2) is 0 Å². The van der Waals surface area contributed by atoms with Crippen LogP contribution in [0.5, 0.6) is 0 Å². The van der Waals surface area contributed by atoms with Gasteiger partial charge in [-0.05, 0) is 340 Å². The average Bonchev–Trinajstić information content (AvgIpc) is 0.718. The van der Waals surface area contributed by atoms with E-state index in [4.69, 9.17) is 55.1 Å². The third kappa shape index (κ3) is 38.9. The maximum absolute atomic E-state index is 9.66. The van der Waals surface area contributed by atoms with E-state index in [9.17, 15) is 11.5 Å². The van der Waals surface area contributed by atoms with E-state index in [2.05, 4.69) is 34.6 Å². The molecular formula is C129H243N5O8P4Pt2+4. The standard InChI is InChI=1S/C72H129N3O8.2C27H50P2.C2H6N.CH4N.2Pt/c1-6-10-14-18-21-23-26-29-33-37-53-59-40-57-50(35-31-27-24-20-16-12-8-3)54-38-55-51(36-32-28-25-22-19-15-11-7-2)56-39-58-52(34-30-17-13-9-4)60-41-61(53)72-64(44-75)71(60)82-47-80-69(58)62(42-73)67(56)78-45-77-66(55)49(5)65(54)76-46-79-68(57)63(43-74)70(59)81-48-83-72;2*1-5-14-24(15-6-1)28(25-16-7-2-8-17-25)22-13-23-29(26-18-9-3-10-19-26)27-20-11-4-12-21-27;1-2-3;1-2;;/h49-73,75H,6-48,74H2,1-5H3;2*24-27H,1-23H2;3H,2H2,1H3;2H,1H3;;/q-2;;;2*-1;2*+2/p+4. The number of hydrogen-bond acceptors (Lipinski definition) is 9. The second kappa shape index (κ2) is 75.9. The molecule has 148 heavy (non-hydrogen) atoms. The van der Waals surface area contributed by atoms with Gasteiger partial charge in [0.25, 0.3) is 0 Å². The fourth-order valence-electron chi connectivity index (χ4n) is 36.7. The van der Waals surface area contributed by atoms with E-state index in [0.717, 1.165) is 32.1 Å². The van der Waals surface area contributed by atoms with Crippen molar-refractivity contribution in [3.05, 3.63) is 22.9 Å². The first-order valence-electron chi connectivity index (χ1n) is 66.7. The van der Waals surface area contributed by atoms with Gasteiger partial charge in [0.05, 0.1) is 119 Å². The van der Waals surface area contributed by atoms with Gasteiger partial charge in [-0.25, -0.2) is 0 Å². The Labute approximate surface area is 949 Å². The predicted molar refractivity (Wildman–Crippen MR) is 638 cm³/mol. The minimum absolute atomic E-state index is 0. The second-order valence-corrected chi connectivity index (χ2v) is 65.7. The zero-order valence-electron chi connectivity index (χ0n) is 97.6. The van der Waals surface area contributed by atoms with E-state index < -0.39 is 0 Å². The Hall–Kier alpha value is 2.58. The van der Waals surface area contributed by atoms with Crippen LogP contribution in [0.3, 0.4) is 0 Å². The molecule has 0 aromatic rings. The van der Waals surface area contributed by atoms with Gasteiger partial charge >= 0.3 is 42.1 Å². The van der Waals surface area contributed by atoms with Crippen molar-refractivity contribution in [2.75, 3.05) is 85.0 Å². The number of rotatable bonds is 51. The van der Waals surface area contributed by atoms with Crippen LogP contribution in [0, 0.1) is 94.7 Å². The first-order valence-corrected chi connectivity index (χ1v) is 74.1. The van der Waals surface area contributed by atoms with Crippen LogP contribution >= 0.6 is 31.7 Å². The fraction of sp³-hybridized carbons (Fsp3) is 1.00. The van der Waals surface area contributed by atoms with Crippen molar-refractivity contribution < 1.29 is 80.0 Å². The van der Waals surface area contributed by atoms with Crippen molar-refractivity contribution in [2.24, 2.45) is 100 Å². The zero-order valence-corrected chi connectivity index (χ0v) is 106.